The molecule has 0 aliphatic rings. The molecule has 0 aliphatic heterocycles. The molecule has 142 valence electrons. The van der Waals surface area contributed by atoms with Gasteiger partial charge in [-0.3, -0.25) is 4.79 Å². The van der Waals surface area contributed by atoms with E-state index in [4.69, 9.17) is 0 Å². The molecule has 3 heteroatoms. The molecule has 0 fully saturated rings. The van der Waals surface area contributed by atoms with Crippen molar-refractivity contribution in [2.75, 3.05) is 0 Å². The molecule has 0 radical (unpaired) electrons. The summed E-state index contributed by atoms with van der Waals surface area (Å²) in [5.41, 5.74) is 0. The van der Waals surface area contributed by atoms with Gasteiger partial charge in [-0.05, 0) is 52.2 Å². The molecule has 0 spiro atoms. The maximum atomic E-state index is 13.2. The Morgan fingerprint density at radius 2 is 1.14 bits per heavy atom. The number of hydrogen-bond donors (Lipinski definition) is 0. The van der Waals surface area contributed by atoms with Gasteiger partial charge in [-0.25, -0.2) is 0 Å². The zero-order valence-electron chi connectivity index (χ0n) is 15.9. The number of carbonyl (C=O) groups excluding carboxylic acids is 1. The summed E-state index contributed by atoms with van der Waals surface area (Å²) in [4.78, 5) is 14.2. The van der Waals surface area contributed by atoms with Crippen LogP contribution in [0.1, 0.15) is 4.88 Å². The van der Waals surface area contributed by atoms with Crippen LogP contribution in [0.5, 0.6) is 0 Å². The molecule has 0 atom stereocenters. The molecule has 1 nitrogen and oxygen atoms in total. The molecule has 0 N–H and O–H groups in total. The molecule has 4 rings (SSSR count). The lowest BCUT2D eigenvalue weighted by atomic mass is 10.3. The molecule has 29 heavy (non-hydrogen) atoms. The standard InChI is InChI=1S/C26H21OPS/c27-22(18-19-26-17-10-20-29-26)21-28(23-11-4-1-5-12-23,24-13-6-2-7-14-24)25-15-8-3-9-16-25/h1-21H. The van der Waals surface area contributed by atoms with Crippen molar-refractivity contribution in [1.29, 1.82) is 0 Å². The third-order valence-corrected chi connectivity index (χ3v) is 9.58. The van der Waals surface area contributed by atoms with Crippen molar-refractivity contribution in [3.05, 3.63) is 119 Å². The highest BCUT2D eigenvalue weighted by Gasteiger charge is 2.25. The van der Waals surface area contributed by atoms with Gasteiger partial charge in [0, 0.05) is 4.88 Å². The number of carbonyl (C=O) groups is 1. The van der Waals surface area contributed by atoms with E-state index in [0.29, 0.717) is 0 Å². The minimum Gasteiger partial charge on any atom is -0.290 e. The van der Waals surface area contributed by atoms with E-state index in [-0.39, 0.29) is 5.78 Å². The summed E-state index contributed by atoms with van der Waals surface area (Å²) in [7, 11) is 0. The zero-order valence-corrected chi connectivity index (χ0v) is 17.6. The van der Waals surface area contributed by atoms with Crippen molar-refractivity contribution in [2.45, 2.75) is 0 Å². The first-order chi connectivity index (χ1) is 14.3. The molecule has 0 saturated heterocycles. The minimum absolute atomic E-state index is 0.0308. The van der Waals surface area contributed by atoms with Crippen molar-refractivity contribution in [3.8, 4) is 0 Å². The van der Waals surface area contributed by atoms with Gasteiger partial charge >= 0.3 is 0 Å². The summed E-state index contributed by atoms with van der Waals surface area (Å²) in [6, 6.07) is 35.2. The van der Waals surface area contributed by atoms with E-state index in [9.17, 15) is 4.79 Å². The van der Waals surface area contributed by atoms with Crippen LogP contribution in [-0.4, -0.2) is 11.6 Å². The fourth-order valence-corrected chi connectivity index (χ4v) is 7.80. The maximum absolute atomic E-state index is 13.2. The summed E-state index contributed by atoms with van der Waals surface area (Å²) in [6.45, 7) is -2.24. The van der Waals surface area contributed by atoms with E-state index >= 15 is 0 Å². The van der Waals surface area contributed by atoms with Gasteiger partial charge in [0.2, 0.25) is 0 Å². The number of thiophene rings is 1. The number of benzene rings is 3. The fraction of sp³-hybridized carbons (Fsp3) is 0. The van der Waals surface area contributed by atoms with Gasteiger partial charge in [0.1, 0.15) is 0 Å². The lowest BCUT2D eigenvalue weighted by Gasteiger charge is -2.28. The normalized spacial score (nSPS) is 11.4. The van der Waals surface area contributed by atoms with Crippen LogP contribution in [-0.2, 0) is 4.79 Å². The van der Waals surface area contributed by atoms with Crippen molar-refractivity contribution in [2.24, 2.45) is 0 Å². The largest absolute Gasteiger partial charge is 0.290 e. The first-order valence-electron chi connectivity index (χ1n) is 9.46. The second kappa shape index (κ2) is 9.05. The maximum Gasteiger partial charge on any atom is 0.179 e. The minimum atomic E-state index is -2.24. The van der Waals surface area contributed by atoms with Crippen LogP contribution < -0.4 is 15.9 Å². The van der Waals surface area contributed by atoms with Crippen LogP contribution >= 0.6 is 18.2 Å². The Balaban J connectivity index is 1.96. The molecule has 0 unspecified atom stereocenters. The van der Waals surface area contributed by atoms with E-state index in [1.807, 2.05) is 47.6 Å². The Labute approximate surface area is 176 Å². The average molecular weight is 412 g/mol. The Kier molecular flexibility index (Phi) is 6.05. The quantitative estimate of drug-likeness (QED) is 0.317. The van der Waals surface area contributed by atoms with E-state index in [2.05, 4.69) is 72.8 Å². The Morgan fingerprint density at radius 1 is 0.655 bits per heavy atom. The lowest BCUT2D eigenvalue weighted by molar-refractivity contribution is -0.108. The highest BCUT2D eigenvalue weighted by atomic mass is 32.1. The molecule has 0 saturated carbocycles. The Morgan fingerprint density at radius 3 is 1.55 bits per heavy atom. The number of hydrogen-bond acceptors (Lipinski definition) is 2. The van der Waals surface area contributed by atoms with Crippen molar-refractivity contribution >= 4 is 51.8 Å². The molecule has 1 heterocycles. The van der Waals surface area contributed by atoms with Crippen molar-refractivity contribution in [1.82, 2.24) is 0 Å². The van der Waals surface area contributed by atoms with Crippen LogP contribution in [0.15, 0.2) is 115 Å². The highest BCUT2D eigenvalue weighted by molar-refractivity contribution is 7.95. The van der Waals surface area contributed by atoms with E-state index in [1.165, 1.54) is 15.9 Å². The number of ketones is 1. The van der Waals surface area contributed by atoms with Gasteiger partial charge in [0.15, 0.2) is 5.78 Å². The Bertz CT molecular complexity index is 1040. The molecule has 0 aliphatic carbocycles. The molecule has 0 amide bonds. The van der Waals surface area contributed by atoms with E-state index in [0.717, 1.165) is 4.88 Å². The second-order valence-corrected chi connectivity index (χ2v) is 10.8. The predicted octanol–water partition coefficient (Wildman–Crippen LogP) is 5.13. The molecule has 1 aromatic heterocycles. The van der Waals surface area contributed by atoms with Crippen molar-refractivity contribution < 1.29 is 4.79 Å². The fourth-order valence-electron chi connectivity index (χ4n) is 3.44. The first kappa shape index (κ1) is 19.4. The van der Waals surface area contributed by atoms with Crippen LogP contribution in [0.25, 0.3) is 6.08 Å². The summed E-state index contributed by atoms with van der Waals surface area (Å²) in [6.07, 6.45) is 3.59. The van der Waals surface area contributed by atoms with Crippen LogP contribution in [0.2, 0.25) is 0 Å². The van der Waals surface area contributed by atoms with Crippen LogP contribution in [0.3, 0.4) is 0 Å². The van der Waals surface area contributed by atoms with Crippen LogP contribution in [0, 0.1) is 0 Å². The van der Waals surface area contributed by atoms with Gasteiger partial charge in [0.05, 0.1) is 0 Å². The summed E-state index contributed by atoms with van der Waals surface area (Å²) >= 11 is 1.63. The molecular weight excluding hydrogens is 391 g/mol. The number of rotatable bonds is 6. The van der Waals surface area contributed by atoms with Crippen LogP contribution in [0.4, 0.5) is 0 Å². The van der Waals surface area contributed by atoms with Gasteiger partial charge in [0.25, 0.3) is 0 Å². The third kappa shape index (κ3) is 4.24. The second-order valence-electron chi connectivity index (χ2n) is 6.61. The van der Waals surface area contributed by atoms with E-state index < -0.39 is 6.89 Å². The predicted molar refractivity (Wildman–Crippen MR) is 130 cm³/mol. The topological polar surface area (TPSA) is 17.1 Å². The third-order valence-electron chi connectivity index (χ3n) is 4.77. The SMILES string of the molecule is O=C(C=Cc1cccs1)C=P(c1ccccc1)(c1ccccc1)c1ccccc1. The molecule has 4 aromatic rings. The number of allylic oxidation sites excluding steroid dienone is 1. The van der Waals surface area contributed by atoms with Crippen molar-refractivity contribution in [3.63, 3.8) is 0 Å². The highest BCUT2D eigenvalue weighted by Crippen LogP contribution is 2.43. The zero-order chi connectivity index (χ0) is 19.9. The smallest absolute Gasteiger partial charge is 0.179 e. The van der Waals surface area contributed by atoms with Gasteiger partial charge in [-0.2, -0.15) is 0 Å². The average Bonchev–Trinajstić information content (AvgIpc) is 3.32. The van der Waals surface area contributed by atoms with Gasteiger partial charge in [-0.15, -0.1) is 11.3 Å². The molecule has 0 bridgehead atoms. The van der Waals surface area contributed by atoms with Gasteiger partial charge < -0.3 is 0 Å². The molecule has 3 aromatic carbocycles. The summed E-state index contributed by atoms with van der Waals surface area (Å²) < 4.78 is 0. The Hall–Kier alpha value is -2.93. The first-order valence-corrected chi connectivity index (χ1v) is 12.2. The lowest BCUT2D eigenvalue weighted by Crippen LogP contribution is -2.28. The summed E-state index contributed by atoms with van der Waals surface area (Å²) in [5.74, 6) is 1.99. The monoisotopic (exact) mass is 412 g/mol. The summed E-state index contributed by atoms with van der Waals surface area (Å²) in [5, 5.41) is 5.55. The molecular formula is C26H21OPS. The van der Waals surface area contributed by atoms with E-state index in [1.54, 1.807) is 17.4 Å². The van der Waals surface area contributed by atoms with Gasteiger partial charge in [-0.1, -0.05) is 97.1 Å².